The Morgan fingerprint density at radius 3 is 2.44 bits per heavy atom. The van der Waals surface area contributed by atoms with Gasteiger partial charge in [0.15, 0.2) is 0 Å². The number of rotatable bonds is 11. The number of ether oxygens (including phenoxy) is 3. The SMILES string of the molecule is COC1CN([C@H]2C[C@@H](CO[C@H]3CC[C@H](C(=O)O)CC3)N(C(=O)Cc3cc(Cl)c(NC(=O)c4csc5ccccc45)cc3F)C2)CC1OC. The van der Waals surface area contributed by atoms with E-state index in [1.807, 2.05) is 24.3 Å². The Hall–Kier alpha value is -3.13. The molecule has 2 aliphatic heterocycles. The van der Waals surface area contributed by atoms with E-state index in [2.05, 4.69) is 10.2 Å². The van der Waals surface area contributed by atoms with Gasteiger partial charge in [-0.2, -0.15) is 0 Å². The van der Waals surface area contributed by atoms with Crippen molar-refractivity contribution in [2.75, 3.05) is 45.8 Å². The lowest BCUT2D eigenvalue weighted by Crippen LogP contribution is -2.41. The van der Waals surface area contributed by atoms with Gasteiger partial charge in [-0.1, -0.05) is 29.8 Å². The topological polar surface area (TPSA) is 118 Å². The number of thiophene rings is 1. The zero-order chi connectivity index (χ0) is 33.9. The second-order valence-corrected chi connectivity index (χ2v) is 14.3. The number of likely N-dealkylation sites (tertiary alicyclic amines) is 2. The number of hydrogen-bond acceptors (Lipinski definition) is 8. The summed E-state index contributed by atoms with van der Waals surface area (Å²) in [5.41, 5.74) is 0.745. The third-order valence-electron chi connectivity index (χ3n) is 10.1. The van der Waals surface area contributed by atoms with Gasteiger partial charge >= 0.3 is 5.97 Å². The molecule has 13 heteroatoms. The van der Waals surface area contributed by atoms with Crippen LogP contribution >= 0.6 is 22.9 Å². The maximum Gasteiger partial charge on any atom is 0.306 e. The minimum Gasteiger partial charge on any atom is -0.481 e. The molecule has 10 nitrogen and oxygen atoms in total. The van der Waals surface area contributed by atoms with Crippen molar-refractivity contribution in [1.29, 1.82) is 0 Å². The van der Waals surface area contributed by atoms with Crippen LogP contribution in [0.1, 0.15) is 48.0 Å². The highest BCUT2D eigenvalue weighted by molar-refractivity contribution is 7.17. The van der Waals surface area contributed by atoms with Gasteiger partial charge in [-0.05, 0) is 55.9 Å². The van der Waals surface area contributed by atoms with Gasteiger partial charge in [-0.3, -0.25) is 19.3 Å². The van der Waals surface area contributed by atoms with E-state index in [-0.39, 0.29) is 64.9 Å². The zero-order valence-corrected chi connectivity index (χ0v) is 28.6. The van der Waals surface area contributed by atoms with Crippen molar-refractivity contribution in [3.63, 3.8) is 0 Å². The molecular formula is C35H41ClFN3O7S. The predicted octanol–water partition coefficient (Wildman–Crippen LogP) is 5.46. The van der Waals surface area contributed by atoms with Crippen LogP contribution in [0.25, 0.3) is 10.1 Å². The van der Waals surface area contributed by atoms with Crippen molar-refractivity contribution in [1.82, 2.24) is 9.80 Å². The van der Waals surface area contributed by atoms with E-state index in [9.17, 15) is 19.5 Å². The monoisotopic (exact) mass is 701 g/mol. The Morgan fingerprint density at radius 2 is 1.75 bits per heavy atom. The summed E-state index contributed by atoms with van der Waals surface area (Å²) in [6.45, 7) is 2.11. The summed E-state index contributed by atoms with van der Waals surface area (Å²) in [6, 6.07) is 9.92. The van der Waals surface area contributed by atoms with Crippen molar-refractivity contribution >= 4 is 56.5 Å². The molecule has 1 aliphatic carbocycles. The average molecular weight is 702 g/mol. The lowest BCUT2D eigenvalue weighted by atomic mass is 9.87. The second kappa shape index (κ2) is 15.2. The maximum atomic E-state index is 15.5. The number of amides is 2. The fraction of sp³-hybridized carbons (Fsp3) is 0.514. The molecule has 2 N–H and O–H groups in total. The number of carbonyl (C=O) groups is 3. The molecule has 0 bridgehead atoms. The molecule has 2 aromatic carbocycles. The minimum atomic E-state index is -0.767. The van der Waals surface area contributed by atoms with Crippen molar-refractivity contribution in [2.24, 2.45) is 5.92 Å². The molecule has 2 unspecified atom stereocenters. The van der Waals surface area contributed by atoms with Crippen LogP contribution in [-0.4, -0.2) is 104 Å². The van der Waals surface area contributed by atoms with E-state index < -0.39 is 17.7 Å². The van der Waals surface area contributed by atoms with Crippen LogP contribution < -0.4 is 5.32 Å². The van der Waals surface area contributed by atoms with E-state index >= 15 is 4.39 Å². The number of carboxylic acid groups (broad SMARTS) is 1. The second-order valence-electron chi connectivity index (χ2n) is 12.9. The molecule has 1 saturated carbocycles. The molecule has 0 spiro atoms. The molecule has 3 heterocycles. The first-order chi connectivity index (χ1) is 23.1. The Labute approximate surface area is 288 Å². The number of carboxylic acids is 1. The van der Waals surface area contributed by atoms with Gasteiger partial charge in [0.1, 0.15) is 5.82 Å². The lowest BCUT2D eigenvalue weighted by Gasteiger charge is -2.30. The number of fused-ring (bicyclic) bond motifs is 1. The van der Waals surface area contributed by atoms with E-state index in [0.29, 0.717) is 63.9 Å². The number of nitrogens with one attached hydrogen (secondary N) is 1. The molecule has 48 heavy (non-hydrogen) atoms. The number of nitrogens with zero attached hydrogens (tertiary/aromatic N) is 2. The number of methoxy groups -OCH3 is 2. The van der Waals surface area contributed by atoms with Crippen molar-refractivity contribution in [3.05, 3.63) is 63.7 Å². The Balaban J connectivity index is 1.14. The summed E-state index contributed by atoms with van der Waals surface area (Å²) in [4.78, 5) is 42.4. The van der Waals surface area contributed by atoms with Crippen molar-refractivity contribution in [3.8, 4) is 0 Å². The van der Waals surface area contributed by atoms with Crippen LogP contribution in [0.15, 0.2) is 41.8 Å². The highest BCUT2D eigenvalue weighted by Gasteiger charge is 2.43. The standard InChI is InChI=1S/C35H41ClFN3O7S/c1-45-30-16-39(17-31(30)46-2)22-13-23(18-47-24-9-7-20(8-10-24)35(43)44)40(15-22)33(41)12-21-11-27(36)29(14-28(21)37)38-34(42)26-19-48-32-6-4-3-5-25(26)32/h3-6,11,14,19-20,22-24,30-31H,7-10,12-13,15-18H2,1-2H3,(H,38,42)(H,43,44)/t20-,22-,23-,24-,30?,31?/m0/s1. The van der Waals surface area contributed by atoms with Gasteiger partial charge in [-0.25, -0.2) is 4.39 Å². The molecule has 3 aromatic rings. The van der Waals surface area contributed by atoms with Crippen LogP contribution in [0.3, 0.4) is 0 Å². The van der Waals surface area contributed by atoms with Crippen LogP contribution in [0, 0.1) is 11.7 Å². The van der Waals surface area contributed by atoms with Crippen LogP contribution in [-0.2, 0) is 30.2 Å². The molecule has 0 radical (unpaired) electrons. The van der Waals surface area contributed by atoms with Gasteiger partial charge in [0.2, 0.25) is 5.91 Å². The number of halogens is 2. The van der Waals surface area contributed by atoms with E-state index in [1.54, 1.807) is 24.5 Å². The molecule has 6 rings (SSSR count). The van der Waals surface area contributed by atoms with Gasteiger partial charge in [0.05, 0.1) is 59.6 Å². The number of benzene rings is 2. The van der Waals surface area contributed by atoms with E-state index in [4.69, 9.17) is 25.8 Å². The quantitative estimate of drug-likeness (QED) is 0.271. The fourth-order valence-corrected chi connectivity index (χ4v) is 8.47. The van der Waals surface area contributed by atoms with E-state index in [0.717, 1.165) is 16.2 Å². The summed E-state index contributed by atoms with van der Waals surface area (Å²) >= 11 is 7.98. The summed E-state index contributed by atoms with van der Waals surface area (Å²) in [6.07, 6.45) is 2.71. The third kappa shape index (κ3) is 7.54. The van der Waals surface area contributed by atoms with Gasteiger partial charge in [0.25, 0.3) is 5.91 Å². The Morgan fingerprint density at radius 1 is 1.04 bits per heavy atom. The van der Waals surface area contributed by atoms with Crippen molar-refractivity contribution < 1.29 is 38.1 Å². The summed E-state index contributed by atoms with van der Waals surface area (Å²) in [5.74, 6) is -2.39. The molecule has 1 aromatic heterocycles. The van der Waals surface area contributed by atoms with Crippen LogP contribution in [0.5, 0.6) is 0 Å². The molecule has 3 aliphatic rings. The highest BCUT2D eigenvalue weighted by atomic mass is 35.5. The first kappa shape index (κ1) is 34.7. The number of anilines is 1. The molecular weight excluding hydrogens is 661 g/mol. The van der Waals surface area contributed by atoms with Crippen LogP contribution in [0.4, 0.5) is 10.1 Å². The Kier molecular flexibility index (Phi) is 11.0. The van der Waals surface area contributed by atoms with Crippen LogP contribution in [0.2, 0.25) is 5.02 Å². The van der Waals surface area contributed by atoms with E-state index in [1.165, 1.54) is 17.4 Å². The predicted molar refractivity (Wildman–Crippen MR) is 181 cm³/mol. The molecule has 3 fully saturated rings. The number of aliphatic carboxylic acids is 1. The maximum absolute atomic E-state index is 15.5. The average Bonchev–Trinajstić information content (AvgIpc) is 3.83. The summed E-state index contributed by atoms with van der Waals surface area (Å²) in [5, 5.41) is 14.8. The number of hydrogen-bond donors (Lipinski definition) is 2. The fourth-order valence-electron chi connectivity index (χ4n) is 7.29. The molecule has 4 atom stereocenters. The molecule has 2 amide bonds. The minimum absolute atomic E-state index is 0.0438. The molecule has 258 valence electrons. The largest absolute Gasteiger partial charge is 0.481 e. The zero-order valence-electron chi connectivity index (χ0n) is 27.0. The molecule has 2 saturated heterocycles. The normalized spacial score (nSPS) is 26.3. The first-order valence-corrected chi connectivity index (χ1v) is 17.6. The van der Waals surface area contributed by atoms with Gasteiger partial charge in [-0.15, -0.1) is 11.3 Å². The Bertz CT molecular complexity index is 1640. The third-order valence-corrected chi connectivity index (χ3v) is 11.4. The first-order valence-electron chi connectivity index (χ1n) is 16.3. The smallest absolute Gasteiger partial charge is 0.306 e. The van der Waals surface area contributed by atoms with Gasteiger partial charge in [0, 0.05) is 55.4 Å². The summed E-state index contributed by atoms with van der Waals surface area (Å²) < 4.78 is 34.0. The number of carbonyl (C=O) groups excluding carboxylic acids is 2. The van der Waals surface area contributed by atoms with Crippen molar-refractivity contribution in [2.45, 2.75) is 68.9 Å². The lowest BCUT2D eigenvalue weighted by molar-refractivity contribution is -0.144. The highest BCUT2D eigenvalue weighted by Crippen LogP contribution is 2.33. The van der Waals surface area contributed by atoms with Gasteiger partial charge < -0.3 is 29.5 Å². The summed E-state index contributed by atoms with van der Waals surface area (Å²) in [7, 11) is 3.34.